The zero-order valence-electron chi connectivity index (χ0n) is 28.1. The van der Waals surface area contributed by atoms with E-state index in [0.717, 1.165) is 57.8 Å². The molecule has 272 valence electrons. The number of aliphatic hydroxyl groups excluding tert-OH is 1. The van der Waals surface area contributed by atoms with Crippen molar-refractivity contribution in [3.8, 4) is 0 Å². The summed E-state index contributed by atoms with van der Waals surface area (Å²) >= 11 is 0. The summed E-state index contributed by atoms with van der Waals surface area (Å²) in [4.78, 5) is 71.5. The third kappa shape index (κ3) is 21.3. The number of hydrogen-bond donors (Lipinski definition) is 6. The summed E-state index contributed by atoms with van der Waals surface area (Å²) in [7, 11) is 0. The third-order valence-corrected chi connectivity index (χ3v) is 8.25. The van der Waals surface area contributed by atoms with Crippen LogP contribution in [0.25, 0.3) is 0 Å². The normalized spacial score (nSPS) is 15.8. The van der Waals surface area contributed by atoms with Crippen LogP contribution in [-0.4, -0.2) is 86.2 Å². The minimum absolute atomic E-state index is 0.0276. The maximum atomic E-state index is 13.0. The number of carbonyl (C=O) groups is 6. The van der Waals surface area contributed by atoms with Gasteiger partial charge in [-0.25, -0.2) is 0 Å². The molecule has 14 heteroatoms. The predicted molar refractivity (Wildman–Crippen MR) is 170 cm³/mol. The number of carboxylic acid groups (broad SMARTS) is 4. The van der Waals surface area contributed by atoms with Crippen molar-refractivity contribution in [1.29, 1.82) is 0 Å². The average molecular weight is 676 g/mol. The Labute approximate surface area is 277 Å². The second kappa shape index (κ2) is 24.9. The molecule has 14 nitrogen and oxygen atoms in total. The van der Waals surface area contributed by atoms with Crippen molar-refractivity contribution in [2.45, 2.75) is 142 Å². The quantitative estimate of drug-likeness (QED) is 0.0480. The van der Waals surface area contributed by atoms with Crippen LogP contribution in [0, 0.1) is 23.7 Å². The van der Waals surface area contributed by atoms with Gasteiger partial charge >= 0.3 is 35.8 Å². The summed E-state index contributed by atoms with van der Waals surface area (Å²) in [6.07, 6.45) is 3.98. The highest BCUT2D eigenvalue weighted by molar-refractivity contribution is 5.83. The lowest BCUT2D eigenvalue weighted by Crippen LogP contribution is -2.42. The van der Waals surface area contributed by atoms with E-state index >= 15 is 0 Å². The fourth-order valence-electron chi connectivity index (χ4n) is 5.44. The molecule has 0 aliphatic carbocycles. The Bertz CT molecular complexity index is 972. The van der Waals surface area contributed by atoms with Gasteiger partial charge in [0.25, 0.3) is 0 Å². The van der Waals surface area contributed by atoms with Gasteiger partial charge in [-0.05, 0) is 31.1 Å². The molecule has 0 spiro atoms. The molecule has 0 aromatic carbocycles. The monoisotopic (exact) mass is 675 g/mol. The molecule has 7 atom stereocenters. The second-order valence-electron chi connectivity index (χ2n) is 12.7. The first-order chi connectivity index (χ1) is 22.1. The van der Waals surface area contributed by atoms with Crippen LogP contribution in [0.4, 0.5) is 0 Å². The minimum atomic E-state index is -1.53. The second-order valence-corrected chi connectivity index (χ2v) is 12.7. The molecular formula is C33H57NO13. The lowest BCUT2D eigenvalue weighted by Gasteiger charge is -2.33. The first kappa shape index (κ1) is 43.7. The van der Waals surface area contributed by atoms with Crippen molar-refractivity contribution < 1.29 is 63.8 Å². The zero-order valence-corrected chi connectivity index (χ0v) is 28.1. The van der Waals surface area contributed by atoms with Crippen LogP contribution in [0.2, 0.25) is 0 Å². The Kier molecular flexibility index (Phi) is 23.1. The molecule has 0 aliphatic heterocycles. The third-order valence-electron chi connectivity index (χ3n) is 8.25. The Morgan fingerprint density at radius 1 is 0.638 bits per heavy atom. The molecule has 0 bridgehead atoms. The molecule has 47 heavy (non-hydrogen) atoms. The number of carboxylic acids is 4. The number of unbranched alkanes of at least 4 members (excludes halogenated alkanes) is 6. The fourth-order valence-corrected chi connectivity index (χ4v) is 5.44. The molecule has 0 saturated heterocycles. The summed E-state index contributed by atoms with van der Waals surface area (Å²) in [5.41, 5.74) is 5.43. The van der Waals surface area contributed by atoms with Crippen molar-refractivity contribution in [2.75, 3.05) is 6.54 Å². The van der Waals surface area contributed by atoms with Crippen molar-refractivity contribution in [3.63, 3.8) is 0 Å². The van der Waals surface area contributed by atoms with E-state index in [-0.39, 0.29) is 24.8 Å². The number of rotatable bonds is 29. The van der Waals surface area contributed by atoms with Crippen LogP contribution >= 0.6 is 0 Å². The number of hydrogen-bond acceptors (Lipinski definition) is 10. The van der Waals surface area contributed by atoms with Gasteiger partial charge < -0.3 is 40.7 Å². The van der Waals surface area contributed by atoms with Gasteiger partial charge in [-0.3, -0.25) is 28.8 Å². The summed E-state index contributed by atoms with van der Waals surface area (Å²) in [5.74, 6) is -11.1. The average Bonchev–Trinajstić information content (AvgIpc) is 2.98. The number of aliphatic hydroxyl groups is 1. The number of carbonyl (C=O) groups excluding carboxylic acids is 2. The molecule has 0 fully saturated rings. The number of nitrogens with two attached hydrogens (primary N) is 1. The molecule has 0 aromatic rings. The van der Waals surface area contributed by atoms with Crippen molar-refractivity contribution in [3.05, 3.63) is 0 Å². The van der Waals surface area contributed by atoms with E-state index in [0.29, 0.717) is 12.8 Å². The van der Waals surface area contributed by atoms with Crippen LogP contribution in [0.5, 0.6) is 0 Å². The first-order valence-corrected chi connectivity index (χ1v) is 16.8. The highest BCUT2D eigenvalue weighted by atomic mass is 16.6. The molecule has 0 radical (unpaired) electrons. The molecule has 0 rings (SSSR count). The smallest absolute Gasteiger partial charge is 0.307 e. The fraction of sp³-hybridized carbons (Fsp3) is 0.818. The Morgan fingerprint density at radius 3 is 1.55 bits per heavy atom. The standard InChI is InChI=1S/C33H57NO13/c1-4-5-13-22(3)31(47-30(41)19-24(33(44)45)17-28(38)39)26(46-29(40)18-23(32(42)43)16-27(36)37)15-21(2)12-10-8-6-7-9-11-14-25(35)20-34/h21-26,31,35H,4-20,34H2,1-3H3,(H,36,37)(H,38,39)(H,42,43)(H,44,45)/t21-,22+,23-,24+,25-,26-,31+/m0/s1. The maximum absolute atomic E-state index is 13.0. The lowest BCUT2D eigenvalue weighted by atomic mass is 9.87. The van der Waals surface area contributed by atoms with Gasteiger partial charge in [0.2, 0.25) is 0 Å². The van der Waals surface area contributed by atoms with E-state index in [2.05, 4.69) is 0 Å². The lowest BCUT2D eigenvalue weighted by molar-refractivity contribution is -0.177. The minimum Gasteiger partial charge on any atom is -0.481 e. The van der Waals surface area contributed by atoms with E-state index in [9.17, 15) is 44.1 Å². The highest BCUT2D eigenvalue weighted by Gasteiger charge is 2.36. The number of ether oxygens (including phenoxy) is 2. The van der Waals surface area contributed by atoms with Crippen molar-refractivity contribution in [2.24, 2.45) is 29.4 Å². The van der Waals surface area contributed by atoms with E-state index < -0.39 is 91.6 Å². The van der Waals surface area contributed by atoms with E-state index in [1.807, 2.05) is 13.8 Å². The molecule has 0 unspecified atom stereocenters. The topological polar surface area (TPSA) is 248 Å². The first-order valence-electron chi connectivity index (χ1n) is 16.8. The summed E-state index contributed by atoms with van der Waals surface area (Å²) in [6.45, 7) is 5.96. The molecule has 7 N–H and O–H groups in total. The number of esters is 2. The van der Waals surface area contributed by atoms with E-state index in [1.165, 1.54) is 0 Å². The van der Waals surface area contributed by atoms with Crippen molar-refractivity contribution in [1.82, 2.24) is 0 Å². The van der Waals surface area contributed by atoms with Gasteiger partial charge in [0.05, 0.1) is 43.6 Å². The van der Waals surface area contributed by atoms with Gasteiger partial charge in [0.1, 0.15) is 12.2 Å². The molecular weight excluding hydrogens is 618 g/mol. The van der Waals surface area contributed by atoms with Crippen LogP contribution in [0.3, 0.4) is 0 Å². The Morgan fingerprint density at radius 2 is 1.11 bits per heavy atom. The van der Waals surface area contributed by atoms with Gasteiger partial charge in [-0.2, -0.15) is 0 Å². The predicted octanol–water partition coefficient (Wildman–Crippen LogP) is 4.23. The van der Waals surface area contributed by atoms with Gasteiger partial charge in [0.15, 0.2) is 0 Å². The SMILES string of the molecule is CCCC[C@@H](C)[C@@H](OC(=O)C[C@@H](CC(=O)O)C(=O)O)[C@H](C[C@@H](C)CCCCCCCC[C@H](O)CN)OC(=O)C[C@H](CC(=O)O)C(=O)O. The van der Waals surface area contributed by atoms with Crippen LogP contribution in [-0.2, 0) is 38.2 Å². The zero-order chi connectivity index (χ0) is 35.9. The van der Waals surface area contributed by atoms with Gasteiger partial charge in [0, 0.05) is 6.54 Å². The Hall–Kier alpha value is -3.26. The summed E-state index contributed by atoms with van der Waals surface area (Å²) in [5, 5.41) is 46.6. The van der Waals surface area contributed by atoms with Crippen molar-refractivity contribution >= 4 is 35.8 Å². The molecule has 0 aliphatic rings. The summed E-state index contributed by atoms with van der Waals surface area (Å²) in [6, 6.07) is 0. The van der Waals surface area contributed by atoms with Gasteiger partial charge in [-0.1, -0.05) is 78.6 Å². The van der Waals surface area contributed by atoms with Crippen LogP contribution in [0.15, 0.2) is 0 Å². The van der Waals surface area contributed by atoms with Gasteiger partial charge in [-0.15, -0.1) is 0 Å². The molecule has 0 aromatic heterocycles. The molecule has 0 saturated carbocycles. The van der Waals surface area contributed by atoms with E-state index in [1.54, 1.807) is 6.92 Å². The number of aliphatic carboxylic acids is 4. The Balaban J connectivity index is 5.83. The van der Waals surface area contributed by atoms with Crippen LogP contribution < -0.4 is 5.73 Å². The molecule has 0 heterocycles. The largest absolute Gasteiger partial charge is 0.481 e. The maximum Gasteiger partial charge on any atom is 0.307 e. The van der Waals surface area contributed by atoms with Crippen LogP contribution in [0.1, 0.15) is 124 Å². The summed E-state index contributed by atoms with van der Waals surface area (Å²) < 4.78 is 11.5. The molecule has 0 amide bonds. The van der Waals surface area contributed by atoms with E-state index in [4.69, 9.17) is 25.4 Å². The highest BCUT2D eigenvalue weighted by Crippen LogP contribution is 2.29.